The Balaban J connectivity index is 2.01. The van der Waals surface area contributed by atoms with Gasteiger partial charge < -0.3 is 14.6 Å². The molecular formula is C16H24BNO2. The highest BCUT2D eigenvalue weighted by atomic mass is 16.7. The molecule has 1 N–H and O–H groups in total. The van der Waals surface area contributed by atoms with Gasteiger partial charge in [0, 0.05) is 12.2 Å². The van der Waals surface area contributed by atoms with Crippen LogP contribution >= 0.6 is 0 Å². The zero-order valence-corrected chi connectivity index (χ0v) is 13.2. The minimum absolute atomic E-state index is 0.256. The van der Waals surface area contributed by atoms with Gasteiger partial charge in [0.2, 0.25) is 0 Å². The molecule has 0 spiro atoms. The Bertz CT molecular complexity index is 524. The predicted molar refractivity (Wildman–Crippen MR) is 83.7 cm³/mol. The molecule has 0 aliphatic carbocycles. The third-order valence-electron chi connectivity index (χ3n) is 4.85. The third-order valence-corrected chi connectivity index (χ3v) is 4.85. The van der Waals surface area contributed by atoms with E-state index in [1.807, 2.05) is 0 Å². The summed E-state index contributed by atoms with van der Waals surface area (Å²) < 4.78 is 12.4. The molecule has 3 nitrogen and oxygen atoms in total. The van der Waals surface area contributed by atoms with Crippen LogP contribution in [-0.4, -0.2) is 24.9 Å². The molecule has 2 aliphatic heterocycles. The number of hydrogen-bond donors (Lipinski definition) is 1. The Labute approximate surface area is 122 Å². The van der Waals surface area contributed by atoms with Gasteiger partial charge in [-0.05, 0) is 70.1 Å². The lowest BCUT2D eigenvalue weighted by Gasteiger charge is -2.32. The zero-order chi connectivity index (χ0) is 14.5. The van der Waals surface area contributed by atoms with E-state index in [-0.39, 0.29) is 18.3 Å². The molecule has 0 unspecified atom stereocenters. The quantitative estimate of drug-likeness (QED) is 0.798. The fraction of sp³-hybridized carbons (Fsp3) is 0.625. The number of rotatable bonds is 1. The van der Waals surface area contributed by atoms with Crippen molar-refractivity contribution in [2.24, 2.45) is 0 Å². The first kappa shape index (κ1) is 14.0. The Hall–Kier alpha value is -0.995. The summed E-state index contributed by atoms with van der Waals surface area (Å²) in [7, 11) is -0.256. The van der Waals surface area contributed by atoms with Gasteiger partial charge in [0.25, 0.3) is 0 Å². The smallest absolute Gasteiger partial charge is 0.399 e. The predicted octanol–water partition coefficient (Wildman–Crippen LogP) is 2.65. The van der Waals surface area contributed by atoms with E-state index >= 15 is 0 Å². The highest BCUT2D eigenvalue weighted by molar-refractivity contribution is 6.62. The highest BCUT2D eigenvalue weighted by Crippen LogP contribution is 2.37. The summed E-state index contributed by atoms with van der Waals surface area (Å²) in [4.78, 5) is 0. The third kappa shape index (κ3) is 2.15. The van der Waals surface area contributed by atoms with Gasteiger partial charge in [-0.25, -0.2) is 0 Å². The Morgan fingerprint density at radius 1 is 1.10 bits per heavy atom. The maximum absolute atomic E-state index is 6.22. The second-order valence-electron chi connectivity index (χ2n) is 7.00. The monoisotopic (exact) mass is 273 g/mol. The van der Waals surface area contributed by atoms with Gasteiger partial charge in [-0.3, -0.25) is 0 Å². The molecule has 1 aromatic rings. The normalized spacial score (nSPS) is 23.4. The highest BCUT2D eigenvalue weighted by Gasteiger charge is 2.52. The Kier molecular flexibility index (Phi) is 3.14. The van der Waals surface area contributed by atoms with Crippen molar-refractivity contribution in [3.8, 4) is 0 Å². The first-order valence-electron chi connectivity index (χ1n) is 7.53. The summed E-state index contributed by atoms with van der Waals surface area (Å²) in [6, 6.07) is 4.44. The topological polar surface area (TPSA) is 30.5 Å². The standard InChI is InChI=1S/C16H24BNO2/c1-11-9-13(12-7-6-8-18-14(12)10-11)17-19-15(2,3)16(4,5)20-17/h9-10,18H,6-8H2,1-5H3. The fourth-order valence-electron chi connectivity index (χ4n) is 2.95. The maximum Gasteiger partial charge on any atom is 0.495 e. The molecule has 108 valence electrons. The minimum atomic E-state index is -0.281. The minimum Gasteiger partial charge on any atom is -0.399 e. The number of fused-ring (bicyclic) bond motifs is 1. The molecule has 1 aromatic carbocycles. The van der Waals surface area contributed by atoms with Crippen LogP contribution in [0, 0.1) is 6.92 Å². The average molecular weight is 273 g/mol. The Morgan fingerprint density at radius 2 is 1.75 bits per heavy atom. The first-order chi connectivity index (χ1) is 9.30. The van der Waals surface area contributed by atoms with Crippen molar-refractivity contribution < 1.29 is 9.31 Å². The van der Waals surface area contributed by atoms with E-state index < -0.39 is 0 Å². The summed E-state index contributed by atoms with van der Waals surface area (Å²) >= 11 is 0. The molecule has 2 aliphatic rings. The van der Waals surface area contributed by atoms with E-state index in [1.165, 1.54) is 28.7 Å². The summed E-state index contributed by atoms with van der Waals surface area (Å²) in [6.07, 6.45) is 2.27. The molecule has 0 aromatic heterocycles. The van der Waals surface area contributed by atoms with Crippen LogP contribution in [0.1, 0.15) is 45.2 Å². The number of anilines is 1. The lowest BCUT2D eigenvalue weighted by Crippen LogP contribution is -2.41. The van der Waals surface area contributed by atoms with Gasteiger partial charge in [-0.15, -0.1) is 0 Å². The summed E-state index contributed by atoms with van der Waals surface area (Å²) in [5.74, 6) is 0. The van der Waals surface area contributed by atoms with Crippen LogP contribution in [0.2, 0.25) is 0 Å². The number of benzene rings is 1. The molecular weight excluding hydrogens is 249 g/mol. The summed E-state index contributed by atoms with van der Waals surface area (Å²) in [5, 5.41) is 3.50. The van der Waals surface area contributed by atoms with Crippen molar-refractivity contribution in [3.05, 3.63) is 23.3 Å². The molecule has 0 saturated carbocycles. The summed E-state index contributed by atoms with van der Waals surface area (Å²) in [5.41, 5.74) is 4.50. The van der Waals surface area contributed by atoms with E-state index in [0.717, 1.165) is 13.0 Å². The van der Waals surface area contributed by atoms with Crippen LogP contribution in [0.5, 0.6) is 0 Å². The summed E-state index contributed by atoms with van der Waals surface area (Å²) in [6.45, 7) is 11.6. The van der Waals surface area contributed by atoms with Crippen molar-refractivity contribution in [3.63, 3.8) is 0 Å². The largest absolute Gasteiger partial charge is 0.495 e. The molecule has 0 radical (unpaired) electrons. The van der Waals surface area contributed by atoms with Gasteiger partial charge in [-0.2, -0.15) is 0 Å². The van der Waals surface area contributed by atoms with Crippen LogP contribution < -0.4 is 10.8 Å². The maximum atomic E-state index is 6.22. The molecule has 3 rings (SSSR count). The van der Waals surface area contributed by atoms with Crippen molar-refractivity contribution in [1.29, 1.82) is 0 Å². The lowest BCUT2D eigenvalue weighted by atomic mass is 9.73. The van der Waals surface area contributed by atoms with Gasteiger partial charge >= 0.3 is 7.12 Å². The Morgan fingerprint density at radius 3 is 2.40 bits per heavy atom. The van der Waals surface area contributed by atoms with Crippen molar-refractivity contribution >= 4 is 18.3 Å². The number of aryl methyl sites for hydroxylation is 1. The van der Waals surface area contributed by atoms with E-state index in [0.29, 0.717) is 0 Å². The van der Waals surface area contributed by atoms with Crippen LogP contribution in [-0.2, 0) is 15.7 Å². The molecule has 1 saturated heterocycles. The van der Waals surface area contributed by atoms with E-state index in [2.05, 4.69) is 52.1 Å². The first-order valence-corrected chi connectivity index (χ1v) is 7.53. The second kappa shape index (κ2) is 4.50. The van der Waals surface area contributed by atoms with Crippen LogP contribution in [0.25, 0.3) is 0 Å². The van der Waals surface area contributed by atoms with E-state index in [4.69, 9.17) is 9.31 Å². The van der Waals surface area contributed by atoms with Crippen LogP contribution in [0.4, 0.5) is 5.69 Å². The molecule has 0 atom stereocenters. The lowest BCUT2D eigenvalue weighted by molar-refractivity contribution is 0.00578. The van der Waals surface area contributed by atoms with Crippen LogP contribution in [0.3, 0.4) is 0 Å². The SMILES string of the molecule is Cc1cc2c(c(B3OC(C)(C)C(C)(C)O3)c1)CCCN2. The van der Waals surface area contributed by atoms with Gasteiger partial charge in [0.1, 0.15) is 0 Å². The molecule has 20 heavy (non-hydrogen) atoms. The fourth-order valence-corrected chi connectivity index (χ4v) is 2.95. The second-order valence-corrected chi connectivity index (χ2v) is 7.00. The average Bonchev–Trinajstić information content (AvgIpc) is 2.57. The molecule has 0 bridgehead atoms. The van der Waals surface area contributed by atoms with Crippen molar-refractivity contribution in [2.75, 3.05) is 11.9 Å². The molecule has 4 heteroatoms. The van der Waals surface area contributed by atoms with Crippen LogP contribution in [0.15, 0.2) is 12.1 Å². The molecule has 2 heterocycles. The van der Waals surface area contributed by atoms with Gasteiger partial charge in [0.05, 0.1) is 11.2 Å². The number of nitrogens with one attached hydrogen (secondary N) is 1. The van der Waals surface area contributed by atoms with Crippen molar-refractivity contribution in [1.82, 2.24) is 0 Å². The molecule has 1 fully saturated rings. The van der Waals surface area contributed by atoms with E-state index in [1.54, 1.807) is 0 Å². The number of hydrogen-bond acceptors (Lipinski definition) is 3. The van der Waals surface area contributed by atoms with Gasteiger partial charge in [0.15, 0.2) is 0 Å². The molecule has 0 amide bonds. The van der Waals surface area contributed by atoms with Gasteiger partial charge in [-0.1, -0.05) is 6.07 Å². The van der Waals surface area contributed by atoms with Crippen molar-refractivity contribution in [2.45, 2.75) is 58.7 Å². The zero-order valence-electron chi connectivity index (χ0n) is 13.2. The van der Waals surface area contributed by atoms with E-state index in [9.17, 15) is 0 Å².